The molecule has 1 saturated heterocycles. The molecule has 0 aromatic heterocycles. The Hall–Kier alpha value is -2.77. The van der Waals surface area contributed by atoms with Gasteiger partial charge in [0.05, 0.1) is 24.8 Å². The lowest BCUT2D eigenvalue weighted by molar-refractivity contribution is -0.139. The molecule has 0 N–H and O–H groups in total. The molecule has 0 unspecified atom stereocenters. The number of carbonyl (C=O) groups excluding carboxylic acids is 2. The number of ether oxygens (including phenoxy) is 3. The van der Waals surface area contributed by atoms with Crippen LogP contribution in [0, 0.1) is 0 Å². The molecule has 3 rings (SSSR count). The molecule has 0 saturated carbocycles. The quantitative estimate of drug-likeness (QED) is 0.591. The smallest absolute Gasteiger partial charge is 0.355 e. The average molecular weight is 447 g/mol. The second kappa shape index (κ2) is 11.0. The second-order valence-corrected chi connectivity index (χ2v) is 7.59. The Morgan fingerprint density at radius 2 is 1.77 bits per heavy atom. The van der Waals surface area contributed by atoms with Crippen molar-refractivity contribution in [2.75, 3.05) is 45.4 Å². The first-order chi connectivity index (χ1) is 15.0. The van der Waals surface area contributed by atoms with E-state index in [1.165, 1.54) is 39.6 Å². The van der Waals surface area contributed by atoms with Crippen molar-refractivity contribution in [2.24, 2.45) is 0 Å². The van der Waals surface area contributed by atoms with Gasteiger partial charge in [0.2, 0.25) is 0 Å². The van der Waals surface area contributed by atoms with Gasteiger partial charge in [-0.05, 0) is 56.3 Å². The monoisotopic (exact) mass is 446 g/mol. The van der Waals surface area contributed by atoms with Gasteiger partial charge in [0.25, 0.3) is 0 Å². The number of allylic oxidation sites excluding steroid dienone is 2. The fourth-order valence-corrected chi connectivity index (χ4v) is 3.82. The standard InChI is InChI=1S/C23H27ClN2O5/c1-29-22(27)18-8-4-7-13-26(21(18)23(28)30-2)17-9-10-20(19(24)16-17)31-15-14-25-11-5-3-6-12-25/h4,7-10,13,16H,3,5-6,11-12,14-15H2,1-2H3. The highest BCUT2D eigenvalue weighted by molar-refractivity contribution is 6.32. The maximum atomic E-state index is 12.5. The number of halogens is 1. The molecule has 0 aliphatic carbocycles. The van der Waals surface area contributed by atoms with E-state index in [0.717, 1.165) is 19.6 Å². The molecule has 1 aromatic carbocycles. The minimum atomic E-state index is -0.672. The van der Waals surface area contributed by atoms with E-state index in [1.54, 1.807) is 41.5 Å². The van der Waals surface area contributed by atoms with Crippen LogP contribution in [0.5, 0.6) is 5.75 Å². The van der Waals surface area contributed by atoms with Gasteiger partial charge in [-0.25, -0.2) is 9.59 Å². The van der Waals surface area contributed by atoms with Crippen molar-refractivity contribution in [2.45, 2.75) is 19.3 Å². The van der Waals surface area contributed by atoms with Gasteiger partial charge in [-0.2, -0.15) is 0 Å². The summed E-state index contributed by atoms with van der Waals surface area (Å²) in [5, 5.41) is 0.408. The number of carbonyl (C=O) groups is 2. The van der Waals surface area contributed by atoms with Gasteiger partial charge in [-0.3, -0.25) is 4.90 Å². The third kappa shape index (κ3) is 5.68. The van der Waals surface area contributed by atoms with Crippen LogP contribution in [0.2, 0.25) is 5.02 Å². The van der Waals surface area contributed by atoms with Crippen LogP contribution in [0.15, 0.2) is 53.9 Å². The number of rotatable bonds is 7. The molecule has 1 fully saturated rings. The molecular formula is C23H27ClN2O5. The Bertz CT molecular complexity index is 903. The number of piperidine rings is 1. The molecule has 2 heterocycles. The molecule has 31 heavy (non-hydrogen) atoms. The molecule has 2 aliphatic heterocycles. The summed E-state index contributed by atoms with van der Waals surface area (Å²) in [5.74, 6) is -0.750. The average Bonchev–Trinajstić information content (AvgIpc) is 3.03. The first-order valence-electron chi connectivity index (χ1n) is 10.2. The maximum absolute atomic E-state index is 12.5. The molecule has 0 radical (unpaired) electrons. The van der Waals surface area contributed by atoms with E-state index < -0.39 is 11.9 Å². The van der Waals surface area contributed by atoms with E-state index in [4.69, 9.17) is 25.8 Å². The fourth-order valence-electron chi connectivity index (χ4n) is 3.59. The van der Waals surface area contributed by atoms with Crippen LogP contribution in [0.3, 0.4) is 0 Å². The topological polar surface area (TPSA) is 68.3 Å². The zero-order valence-electron chi connectivity index (χ0n) is 17.8. The second-order valence-electron chi connectivity index (χ2n) is 7.18. The largest absolute Gasteiger partial charge is 0.491 e. The van der Waals surface area contributed by atoms with Crippen LogP contribution in [-0.4, -0.2) is 57.3 Å². The fraction of sp³-hybridized carbons (Fsp3) is 0.391. The Balaban J connectivity index is 1.80. The molecule has 7 nitrogen and oxygen atoms in total. The SMILES string of the molecule is COC(=O)C1=C(C(=O)OC)N(c2ccc(OCCN3CCCCC3)c(Cl)c2)C=CC=C1. The summed E-state index contributed by atoms with van der Waals surface area (Å²) in [6.45, 7) is 3.62. The molecular weight excluding hydrogens is 420 g/mol. The van der Waals surface area contributed by atoms with Crippen molar-refractivity contribution in [3.05, 3.63) is 58.9 Å². The molecule has 0 atom stereocenters. The van der Waals surface area contributed by atoms with Crippen LogP contribution in [0.25, 0.3) is 0 Å². The lowest BCUT2D eigenvalue weighted by atomic mass is 10.1. The first-order valence-corrected chi connectivity index (χ1v) is 10.6. The van der Waals surface area contributed by atoms with Crippen molar-refractivity contribution in [3.63, 3.8) is 0 Å². The van der Waals surface area contributed by atoms with E-state index in [0.29, 0.717) is 23.1 Å². The Morgan fingerprint density at radius 3 is 2.45 bits per heavy atom. The number of hydrogen-bond donors (Lipinski definition) is 0. The molecule has 0 spiro atoms. The summed E-state index contributed by atoms with van der Waals surface area (Å²) in [6, 6.07) is 5.22. The zero-order valence-corrected chi connectivity index (χ0v) is 18.6. The van der Waals surface area contributed by atoms with Crippen molar-refractivity contribution in [1.29, 1.82) is 0 Å². The number of benzene rings is 1. The van der Waals surface area contributed by atoms with Gasteiger partial charge in [0, 0.05) is 18.4 Å². The number of likely N-dealkylation sites (tertiary alicyclic amines) is 1. The Kier molecular flexibility index (Phi) is 8.14. The van der Waals surface area contributed by atoms with Crippen molar-refractivity contribution < 1.29 is 23.8 Å². The highest BCUT2D eigenvalue weighted by Crippen LogP contribution is 2.33. The summed E-state index contributed by atoms with van der Waals surface area (Å²) in [7, 11) is 2.51. The third-order valence-electron chi connectivity index (χ3n) is 5.20. The van der Waals surface area contributed by atoms with Gasteiger partial charge < -0.3 is 19.1 Å². The maximum Gasteiger partial charge on any atom is 0.355 e. The van der Waals surface area contributed by atoms with Crippen LogP contribution in [-0.2, 0) is 19.1 Å². The summed E-state index contributed by atoms with van der Waals surface area (Å²) in [6.07, 6.45) is 10.3. The number of nitrogens with zero attached hydrogens (tertiary/aromatic N) is 2. The van der Waals surface area contributed by atoms with E-state index in [9.17, 15) is 9.59 Å². The minimum Gasteiger partial charge on any atom is -0.491 e. The van der Waals surface area contributed by atoms with Crippen LogP contribution in [0.1, 0.15) is 19.3 Å². The molecule has 166 valence electrons. The Labute approximate surface area is 187 Å². The van der Waals surface area contributed by atoms with E-state index >= 15 is 0 Å². The molecule has 0 amide bonds. The summed E-state index contributed by atoms with van der Waals surface area (Å²) in [5.41, 5.74) is 0.696. The molecule has 2 aliphatic rings. The Morgan fingerprint density at radius 1 is 1.03 bits per heavy atom. The summed E-state index contributed by atoms with van der Waals surface area (Å²) < 4.78 is 15.6. The van der Waals surface area contributed by atoms with Gasteiger partial charge in [0.1, 0.15) is 18.1 Å². The predicted octanol–water partition coefficient (Wildman–Crippen LogP) is 3.69. The third-order valence-corrected chi connectivity index (χ3v) is 5.49. The van der Waals surface area contributed by atoms with Crippen molar-refractivity contribution >= 4 is 29.2 Å². The van der Waals surface area contributed by atoms with Crippen LogP contribution in [0.4, 0.5) is 5.69 Å². The lowest BCUT2D eigenvalue weighted by Gasteiger charge is -2.26. The van der Waals surface area contributed by atoms with E-state index in [2.05, 4.69) is 4.90 Å². The molecule has 0 bridgehead atoms. The number of methoxy groups -OCH3 is 2. The van der Waals surface area contributed by atoms with Crippen molar-refractivity contribution in [3.8, 4) is 5.75 Å². The van der Waals surface area contributed by atoms with Gasteiger partial charge in [-0.1, -0.05) is 24.1 Å². The molecule has 8 heteroatoms. The normalized spacial score (nSPS) is 16.8. The van der Waals surface area contributed by atoms with E-state index in [-0.39, 0.29) is 11.3 Å². The predicted molar refractivity (Wildman–Crippen MR) is 119 cm³/mol. The number of anilines is 1. The molecule has 1 aromatic rings. The number of hydrogen-bond acceptors (Lipinski definition) is 7. The lowest BCUT2D eigenvalue weighted by Crippen LogP contribution is -2.33. The zero-order chi connectivity index (χ0) is 22.2. The van der Waals surface area contributed by atoms with E-state index in [1.807, 2.05) is 0 Å². The van der Waals surface area contributed by atoms with Gasteiger partial charge >= 0.3 is 11.9 Å². The van der Waals surface area contributed by atoms with Crippen molar-refractivity contribution in [1.82, 2.24) is 4.90 Å². The number of esters is 2. The first kappa shape index (κ1) is 22.9. The van der Waals surface area contributed by atoms with Gasteiger partial charge in [0.15, 0.2) is 0 Å². The minimum absolute atomic E-state index is 0.0363. The van der Waals surface area contributed by atoms with Gasteiger partial charge in [-0.15, -0.1) is 0 Å². The summed E-state index contributed by atoms with van der Waals surface area (Å²) in [4.78, 5) is 28.7. The highest BCUT2D eigenvalue weighted by Gasteiger charge is 2.27. The van der Waals surface area contributed by atoms with Crippen LogP contribution < -0.4 is 9.64 Å². The highest BCUT2D eigenvalue weighted by atomic mass is 35.5. The summed E-state index contributed by atoms with van der Waals surface area (Å²) >= 11 is 6.47. The van der Waals surface area contributed by atoms with Crippen LogP contribution >= 0.6 is 11.6 Å².